The van der Waals surface area contributed by atoms with Crippen LogP contribution in [0.15, 0.2) is 42.5 Å². The van der Waals surface area contributed by atoms with Crippen LogP contribution < -0.4 is 9.64 Å². The lowest BCUT2D eigenvalue weighted by Gasteiger charge is -2.22. The van der Waals surface area contributed by atoms with Gasteiger partial charge in [-0.2, -0.15) is 0 Å². The van der Waals surface area contributed by atoms with E-state index in [-0.39, 0.29) is 0 Å². The minimum absolute atomic E-state index is 0.336. The maximum Gasteiger partial charge on any atom is 0.153 e. The fourth-order valence-corrected chi connectivity index (χ4v) is 2.49. The van der Waals surface area contributed by atoms with E-state index in [4.69, 9.17) is 16.3 Å². The van der Waals surface area contributed by atoms with E-state index in [1.54, 1.807) is 6.07 Å². The highest BCUT2D eigenvalue weighted by atomic mass is 35.5. The molecule has 3 nitrogen and oxygen atoms in total. The highest BCUT2D eigenvalue weighted by molar-refractivity contribution is 6.31. The first-order chi connectivity index (χ1) is 10.7. The Morgan fingerprint density at radius 1 is 1.14 bits per heavy atom. The van der Waals surface area contributed by atoms with Gasteiger partial charge in [0, 0.05) is 35.4 Å². The van der Waals surface area contributed by atoms with Gasteiger partial charge in [0.2, 0.25) is 0 Å². The Hall–Kier alpha value is -2.00. The molecular formula is C18H20ClNO2. The van der Waals surface area contributed by atoms with Crippen molar-refractivity contribution in [2.24, 2.45) is 0 Å². The lowest BCUT2D eigenvalue weighted by Crippen LogP contribution is -2.21. The Kier molecular flexibility index (Phi) is 5.84. The van der Waals surface area contributed by atoms with E-state index in [2.05, 4.69) is 18.7 Å². The molecule has 0 aliphatic heterocycles. The van der Waals surface area contributed by atoms with Crippen molar-refractivity contribution in [1.82, 2.24) is 0 Å². The van der Waals surface area contributed by atoms with Gasteiger partial charge in [-0.05, 0) is 32.0 Å². The number of hydrogen-bond acceptors (Lipinski definition) is 3. The Bertz CT molecular complexity index is 639. The van der Waals surface area contributed by atoms with Crippen LogP contribution >= 0.6 is 11.6 Å². The molecule has 0 heterocycles. The average molecular weight is 318 g/mol. The fourth-order valence-electron chi connectivity index (χ4n) is 2.30. The number of rotatable bonds is 7. The van der Waals surface area contributed by atoms with Crippen LogP contribution in [0.5, 0.6) is 5.75 Å². The number of anilines is 1. The summed E-state index contributed by atoms with van der Waals surface area (Å²) in [7, 11) is 0. The van der Waals surface area contributed by atoms with Crippen LogP contribution in [0.3, 0.4) is 0 Å². The first-order valence-corrected chi connectivity index (χ1v) is 7.77. The predicted octanol–water partition coefficient (Wildman–Crippen LogP) is 4.58. The van der Waals surface area contributed by atoms with Crippen molar-refractivity contribution in [2.75, 3.05) is 18.0 Å². The zero-order valence-electron chi connectivity index (χ0n) is 12.9. The molecule has 0 aromatic heterocycles. The molecule has 2 aromatic rings. The smallest absolute Gasteiger partial charge is 0.153 e. The van der Waals surface area contributed by atoms with Gasteiger partial charge in [-0.15, -0.1) is 0 Å². The minimum atomic E-state index is 0.336. The lowest BCUT2D eigenvalue weighted by atomic mass is 10.1. The largest absolute Gasteiger partial charge is 0.488 e. The van der Waals surface area contributed by atoms with Crippen LogP contribution in [0.4, 0.5) is 5.69 Å². The maximum atomic E-state index is 11.2. The zero-order valence-corrected chi connectivity index (χ0v) is 13.6. The summed E-state index contributed by atoms with van der Waals surface area (Å²) in [5.41, 5.74) is 2.49. The predicted molar refractivity (Wildman–Crippen MR) is 91.2 cm³/mol. The first kappa shape index (κ1) is 16.4. The van der Waals surface area contributed by atoms with Crippen molar-refractivity contribution in [3.05, 3.63) is 58.6 Å². The molecule has 0 fully saturated rings. The zero-order chi connectivity index (χ0) is 15.9. The molecule has 0 spiro atoms. The highest BCUT2D eigenvalue weighted by Crippen LogP contribution is 2.26. The van der Waals surface area contributed by atoms with Crippen LogP contribution in [0.25, 0.3) is 0 Å². The molecule has 0 bridgehead atoms. The number of benzene rings is 2. The molecule has 0 aliphatic carbocycles. The molecule has 0 atom stereocenters. The lowest BCUT2D eigenvalue weighted by molar-refractivity contribution is 0.111. The summed E-state index contributed by atoms with van der Waals surface area (Å²) in [6.45, 7) is 6.34. The molecule has 0 N–H and O–H groups in total. The molecule has 2 aromatic carbocycles. The number of carbonyl (C=O) groups excluding carboxylic acids is 1. The van der Waals surface area contributed by atoms with E-state index in [1.807, 2.05) is 36.4 Å². The van der Waals surface area contributed by atoms with Crippen LogP contribution in [0, 0.1) is 0 Å². The third kappa shape index (κ3) is 3.80. The fraction of sp³-hybridized carbons (Fsp3) is 0.278. The second-order valence-electron chi connectivity index (χ2n) is 4.89. The average Bonchev–Trinajstić information content (AvgIpc) is 2.55. The highest BCUT2D eigenvalue weighted by Gasteiger charge is 2.09. The Morgan fingerprint density at radius 2 is 1.86 bits per heavy atom. The number of halogens is 1. The number of carbonyl (C=O) groups is 1. The topological polar surface area (TPSA) is 29.5 Å². The van der Waals surface area contributed by atoms with Gasteiger partial charge in [-0.1, -0.05) is 29.8 Å². The molecule has 4 heteroatoms. The summed E-state index contributed by atoms with van der Waals surface area (Å²) in [4.78, 5) is 13.4. The van der Waals surface area contributed by atoms with Crippen LogP contribution in [0.2, 0.25) is 5.02 Å². The minimum Gasteiger partial charge on any atom is -0.488 e. The van der Waals surface area contributed by atoms with Gasteiger partial charge in [0.1, 0.15) is 12.4 Å². The standard InChI is InChI=1S/C18H20ClNO2/c1-3-20(4-2)16-10-9-14(12-21)18(11-16)22-13-15-7-5-6-8-17(15)19/h5-12H,3-4,13H2,1-2H3. The number of nitrogens with zero attached hydrogens (tertiary/aromatic N) is 1. The van der Waals surface area contributed by atoms with Crippen molar-refractivity contribution in [3.63, 3.8) is 0 Å². The van der Waals surface area contributed by atoms with Gasteiger partial charge in [-0.25, -0.2) is 0 Å². The van der Waals surface area contributed by atoms with Crippen LogP contribution in [0.1, 0.15) is 29.8 Å². The van der Waals surface area contributed by atoms with Gasteiger partial charge in [0.05, 0.1) is 5.56 Å². The normalized spacial score (nSPS) is 10.3. The van der Waals surface area contributed by atoms with Crippen molar-refractivity contribution in [2.45, 2.75) is 20.5 Å². The summed E-state index contributed by atoms with van der Waals surface area (Å²) >= 11 is 6.13. The van der Waals surface area contributed by atoms with Gasteiger partial charge in [-0.3, -0.25) is 4.79 Å². The van der Waals surface area contributed by atoms with E-state index in [0.717, 1.165) is 30.6 Å². The van der Waals surface area contributed by atoms with Crippen LogP contribution in [-0.4, -0.2) is 19.4 Å². The third-order valence-electron chi connectivity index (χ3n) is 3.59. The van der Waals surface area contributed by atoms with Crippen molar-refractivity contribution < 1.29 is 9.53 Å². The number of ether oxygens (including phenoxy) is 1. The Labute approximate surface area is 136 Å². The Balaban J connectivity index is 2.23. The summed E-state index contributed by atoms with van der Waals surface area (Å²) in [5.74, 6) is 0.583. The number of aldehydes is 1. The summed E-state index contributed by atoms with van der Waals surface area (Å²) in [6, 6.07) is 13.2. The van der Waals surface area contributed by atoms with Gasteiger partial charge < -0.3 is 9.64 Å². The maximum absolute atomic E-state index is 11.2. The second-order valence-corrected chi connectivity index (χ2v) is 5.30. The second kappa shape index (κ2) is 7.85. The first-order valence-electron chi connectivity index (χ1n) is 7.40. The molecule has 0 saturated carbocycles. The molecule has 0 saturated heterocycles. The molecular weight excluding hydrogens is 298 g/mol. The molecule has 0 aliphatic rings. The summed E-state index contributed by atoms with van der Waals surface area (Å²) < 4.78 is 5.83. The van der Waals surface area contributed by atoms with Crippen molar-refractivity contribution in [1.29, 1.82) is 0 Å². The van der Waals surface area contributed by atoms with E-state index >= 15 is 0 Å². The molecule has 116 valence electrons. The van der Waals surface area contributed by atoms with Crippen molar-refractivity contribution in [3.8, 4) is 5.75 Å². The third-order valence-corrected chi connectivity index (χ3v) is 3.96. The molecule has 0 amide bonds. The summed E-state index contributed by atoms with van der Waals surface area (Å²) in [5, 5.41) is 0.662. The van der Waals surface area contributed by atoms with E-state index < -0.39 is 0 Å². The van der Waals surface area contributed by atoms with Gasteiger partial charge in [0.25, 0.3) is 0 Å². The molecule has 22 heavy (non-hydrogen) atoms. The van der Waals surface area contributed by atoms with Crippen molar-refractivity contribution >= 4 is 23.6 Å². The molecule has 2 rings (SSSR count). The monoisotopic (exact) mass is 317 g/mol. The van der Waals surface area contributed by atoms with Gasteiger partial charge >= 0.3 is 0 Å². The van der Waals surface area contributed by atoms with E-state index in [0.29, 0.717) is 22.9 Å². The summed E-state index contributed by atoms with van der Waals surface area (Å²) in [6.07, 6.45) is 0.813. The van der Waals surface area contributed by atoms with Crippen LogP contribution in [-0.2, 0) is 6.61 Å². The number of hydrogen-bond donors (Lipinski definition) is 0. The Morgan fingerprint density at radius 3 is 2.50 bits per heavy atom. The van der Waals surface area contributed by atoms with Gasteiger partial charge in [0.15, 0.2) is 6.29 Å². The van der Waals surface area contributed by atoms with E-state index in [1.165, 1.54) is 0 Å². The van der Waals surface area contributed by atoms with E-state index in [9.17, 15) is 4.79 Å². The molecule has 0 radical (unpaired) electrons. The quantitative estimate of drug-likeness (QED) is 0.700. The molecule has 0 unspecified atom stereocenters. The SMILES string of the molecule is CCN(CC)c1ccc(C=O)c(OCc2ccccc2Cl)c1.